The molecule has 29 heavy (non-hydrogen) atoms. The molecule has 1 N–H and O–H groups in total. The number of rotatable bonds is 6. The van der Waals surface area contributed by atoms with E-state index < -0.39 is 24.4 Å². The maximum Gasteiger partial charge on any atom is 0.311 e. The molecular formula is C20H18Cl2N2O5. The third-order valence-electron chi connectivity index (χ3n) is 4.36. The Kier molecular flexibility index (Phi) is 6.61. The average molecular weight is 437 g/mol. The van der Waals surface area contributed by atoms with E-state index in [9.17, 15) is 14.4 Å². The highest BCUT2D eigenvalue weighted by Crippen LogP contribution is 2.35. The van der Waals surface area contributed by atoms with Crippen LogP contribution in [0.1, 0.15) is 6.42 Å². The van der Waals surface area contributed by atoms with Gasteiger partial charge in [0.05, 0.1) is 18.7 Å². The predicted octanol–water partition coefficient (Wildman–Crippen LogP) is 3.54. The van der Waals surface area contributed by atoms with Crippen LogP contribution in [0.5, 0.6) is 5.75 Å². The van der Waals surface area contributed by atoms with E-state index in [1.165, 1.54) is 12.0 Å². The largest absolute Gasteiger partial charge is 0.495 e. The second-order valence-corrected chi connectivity index (χ2v) is 7.26. The molecule has 1 heterocycles. The molecule has 1 saturated heterocycles. The number of nitrogens with zero attached hydrogens (tertiary/aromatic N) is 1. The van der Waals surface area contributed by atoms with Crippen LogP contribution in [0.3, 0.4) is 0 Å². The first-order chi connectivity index (χ1) is 13.9. The second kappa shape index (κ2) is 9.15. The van der Waals surface area contributed by atoms with Crippen LogP contribution in [-0.2, 0) is 19.1 Å². The van der Waals surface area contributed by atoms with Crippen molar-refractivity contribution in [3.8, 4) is 5.75 Å². The van der Waals surface area contributed by atoms with Crippen LogP contribution in [0, 0.1) is 5.92 Å². The molecule has 0 bridgehead atoms. The molecule has 152 valence electrons. The van der Waals surface area contributed by atoms with E-state index in [1.807, 2.05) is 0 Å². The molecule has 0 aromatic heterocycles. The van der Waals surface area contributed by atoms with Gasteiger partial charge in [0.25, 0.3) is 5.91 Å². The quantitative estimate of drug-likeness (QED) is 0.699. The molecule has 3 rings (SSSR count). The first-order valence-electron chi connectivity index (χ1n) is 8.73. The Morgan fingerprint density at radius 3 is 2.52 bits per heavy atom. The van der Waals surface area contributed by atoms with Gasteiger partial charge in [-0.1, -0.05) is 23.2 Å². The Balaban J connectivity index is 1.57. The zero-order valence-electron chi connectivity index (χ0n) is 15.5. The minimum Gasteiger partial charge on any atom is -0.495 e. The minimum absolute atomic E-state index is 0.0205. The molecule has 2 aromatic rings. The number of hydrogen-bond acceptors (Lipinski definition) is 5. The summed E-state index contributed by atoms with van der Waals surface area (Å²) in [6.45, 7) is -0.334. The summed E-state index contributed by atoms with van der Waals surface area (Å²) in [4.78, 5) is 38.1. The summed E-state index contributed by atoms with van der Waals surface area (Å²) in [5, 5.41) is 3.58. The molecule has 0 aliphatic carbocycles. The van der Waals surface area contributed by atoms with E-state index in [1.54, 1.807) is 42.5 Å². The maximum atomic E-state index is 12.4. The number of anilines is 2. The first kappa shape index (κ1) is 21.0. The molecule has 9 heteroatoms. The number of nitrogens with one attached hydrogen (secondary N) is 1. The smallest absolute Gasteiger partial charge is 0.311 e. The molecule has 1 atom stereocenters. The van der Waals surface area contributed by atoms with Crippen LogP contribution in [0.4, 0.5) is 11.4 Å². The fourth-order valence-electron chi connectivity index (χ4n) is 2.96. The van der Waals surface area contributed by atoms with E-state index in [2.05, 4.69) is 5.32 Å². The fourth-order valence-corrected chi connectivity index (χ4v) is 3.25. The normalized spacial score (nSPS) is 15.9. The summed E-state index contributed by atoms with van der Waals surface area (Å²) in [6.07, 6.45) is -0.0205. The number of hydrogen-bond donors (Lipinski definition) is 1. The van der Waals surface area contributed by atoms with Crippen molar-refractivity contribution in [3.05, 3.63) is 52.5 Å². The Morgan fingerprint density at radius 1 is 1.14 bits per heavy atom. The Labute approximate surface area is 177 Å². The molecule has 0 spiro atoms. The summed E-state index contributed by atoms with van der Waals surface area (Å²) in [7, 11) is 1.48. The highest BCUT2D eigenvalue weighted by Gasteiger charge is 2.37. The van der Waals surface area contributed by atoms with E-state index in [-0.39, 0.29) is 18.9 Å². The van der Waals surface area contributed by atoms with Crippen LogP contribution in [0.15, 0.2) is 42.5 Å². The Bertz CT molecular complexity index is 933. The van der Waals surface area contributed by atoms with Gasteiger partial charge in [-0.05, 0) is 42.5 Å². The lowest BCUT2D eigenvalue weighted by Crippen LogP contribution is -2.28. The minimum atomic E-state index is -0.686. The number of methoxy groups -OCH3 is 1. The molecule has 1 aliphatic heterocycles. The molecule has 0 unspecified atom stereocenters. The maximum absolute atomic E-state index is 12.4. The van der Waals surface area contributed by atoms with Gasteiger partial charge >= 0.3 is 5.97 Å². The second-order valence-electron chi connectivity index (χ2n) is 6.38. The van der Waals surface area contributed by atoms with Gasteiger partial charge in [-0.3, -0.25) is 14.4 Å². The standard InChI is InChI=1S/C20H18Cl2N2O5/c1-28-17-7-4-14(22)9-16(17)24-10-12(8-19(24)26)20(27)29-11-18(25)23-15-5-2-13(21)3-6-15/h2-7,9,12H,8,10-11H2,1H3,(H,23,25)/t12-/m0/s1. The van der Waals surface area contributed by atoms with Crippen molar-refractivity contribution in [3.63, 3.8) is 0 Å². The van der Waals surface area contributed by atoms with Crippen molar-refractivity contribution >= 4 is 52.4 Å². The van der Waals surface area contributed by atoms with Crippen LogP contribution >= 0.6 is 23.2 Å². The van der Waals surface area contributed by atoms with Gasteiger partial charge in [-0.2, -0.15) is 0 Å². The van der Waals surface area contributed by atoms with Crippen molar-refractivity contribution in [1.29, 1.82) is 0 Å². The summed E-state index contributed by atoms with van der Waals surface area (Å²) in [5.41, 5.74) is 1.02. The van der Waals surface area contributed by atoms with E-state index >= 15 is 0 Å². The molecular weight excluding hydrogens is 419 g/mol. The number of halogens is 2. The number of carbonyl (C=O) groups is 3. The van der Waals surface area contributed by atoms with Gasteiger partial charge in [0.2, 0.25) is 5.91 Å². The van der Waals surface area contributed by atoms with Crippen LogP contribution in [-0.4, -0.2) is 38.0 Å². The van der Waals surface area contributed by atoms with E-state index in [0.717, 1.165) is 0 Å². The van der Waals surface area contributed by atoms with Gasteiger partial charge in [-0.15, -0.1) is 0 Å². The van der Waals surface area contributed by atoms with Crippen LogP contribution in [0.2, 0.25) is 10.0 Å². The third-order valence-corrected chi connectivity index (χ3v) is 4.85. The number of esters is 1. The zero-order valence-corrected chi connectivity index (χ0v) is 17.0. The van der Waals surface area contributed by atoms with Crippen LogP contribution < -0.4 is 15.0 Å². The number of benzene rings is 2. The Morgan fingerprint density at radius 2 is 1.83 bits per heavy atom. The van der Waals surface area contributed by atoms with Crippen molar-refractivity contribution in [2.45, 2.75) is 6.42 Å². The van der Waals surface area contributed by atoms with E-state index in [0.29, 0.717) is 27.2 Å². The predicted molar refractivity (Wildman–Crippen MR) is 110 cm³/mol. The SMILES string of the molecule is COc1ccc(Cl)cc1N1C[C@@H](C(=O)OCC(=O)Nc2ccc(Cl)cc2)CC1=O. The topological polar surface area (TPSA) is 84.9 Å². The zero-order chi connectivity index (χ0) is 21.0. The summed E-state index contributed by atoms with van der Waals surface area (Å²) in [6, 6.07) is 11.4. The Hall–Kier alpha value is -2.77. The van der Waals surface area contributed by atoms with Crippen molar-refractivity contribution in [2.75, 3.05) is 30.5 Å². The lowest BCUT2D eigenvalue weighted by Gasteiger charge is -2.19. The van der Waals surface area contributed by atoms with Gasteiger partial charge in [0, 0.05) is 28.7 Å². The van der Waals surface area contributed by atoms with Crippen molar-refractivity contribution < 1.29 is 23.9 Å². The van der Waals surface area contributed by atoms with E-state index in [4.69, 9.17) is 32.7 Å². The molecule has 2 aromatic carbocycles. The monoisotopic (exact) mass is 436 g/mol. The third kappa shape index (κ3) is 5.19. The van der Waals surface area contributed by atoms with Gasteiger partial charge in [-0.25, -0.2) is 0 Å². The van der Waals surface area contributed by atoms with Crippen molar-refractivity contribution in [1.82, 2.24) is 0 Å². The molecule has 0 radical (unpaired) electrons. The number of ether oxygens (including phenoxy) is 2. The first-order valence-corrected chi connectivity index (χ1v) is 9.49. The lowest BCUT2D eigenvalue weighted by atomic mass is 10.1. The van der Waals surface area contributed by atoms with Gasteiger partial charge in [0.15, 0.2) is 6.61 Å². The van der Waals surface area contributed by atoms with Gasteiger partial charge < -0.3 is 19.7 Å². The highest BCUT2D eigenvalue weighted by molar-refractivity contribution is 6.31. The lowest BCUT2D eigenvalue weighted by molar-refractivity contribution is -0.151. The highest BCUT2D eigenvalue weighted by atomic mass is 35.5. The molecule has 0 saturated carbocycles. The fraction of sp³-hybridized carbons (Fsp3) is 0.250. The molecule has 1 fully saturated rings. The summed E-state index contributed by atoms with van der Waals surface area (Å²) in [5.74, 6) is -1.57. The van der Waals surface area contributed by atoms with Gasteiger partial charge in [0.1, 0.15) is 5.75 Å². The molecule has 7 nitrogen and oxygen atoms in total. The van der Waals surface area contributed by atoms with Crippen LogP contribution in [0.25, 0.3) is 0 Å². The summed E-state index contributed by atoms with van der Waals surface area (Å²) < 4.78 is 10.4. The van der Waals surface area contributed by atoms with Crippen molar-refractivity contribution in [2.24, 2.45) is 5.92 Å². The average Bonchev–Trinajstić information content (AvgIpc) is 3.09. The number of amides is 2. The molecule has 1 aliphatic rings. The number of carbonyl (C=O) groups excluding carboxylic acids is 3. The summed E-state index contributed by atoms with van der Waals surface area (Å²) >= 11 is 11.8. The molecule has 2 amide bonds.